The Kier molecular flexibility index (Phi) is 7.44. The molecule has 2 heterocycles. The molecule has 0 spiro atoms. The van der Waals surface area contributed by atoms with Gasteiger partial charge in [0.25, 0.3) is 0 Å². The van der Waals surface area contributed by atoms with Crippen molar-refractivity contribution in [2.24, 2.45) is 4.99 Å². The van der Waals surface area contributed by atoms with E-state index in [0.717, 1.165) is 38.6 Å². The second kappa shape index (κ2) is 9.88. The van der Waals surface area contributed by atoms with Gasteiger partial charge < -0.3 is 19.9 Å². The zero-order chi connectivity index (χ0) is 21.1. The molecule has 11 heteroatoms. The summed E-state index contributed by atoms with van der Waals surface area (Å²) in [6, 6.07) is 8.14. The molecule has 1 N–H and O–H groups in total. The molecule has 1 aromatic heterocycles. The van der Waals surface area contributed by atoms with Gasteiger partial charge in [0.15, 0.2) is 5.96 Å². The standard InChI is InChI=1S/C20H23F3N6O.HI/c1-24-18(28-9-11-29(12-10-28)19-25-7-4-8-26-19)27-16-13-15(16)14-5-2-3-6-17(14)30-20(21,22)23;/h2-8,15-16H,9-13H2,1H3,(H,24,27);1H. The molecule has 1 aliphatic heterocycles. The van der Waals surface area contributed by atoms with Crippen molar-refractivity contribution >= 4 is 35.9 Å². The molecule has 0 bridgehead atoms. The van der Waals surface area contributed by atoms with Crippen LogP contribution in [0.3, 0.4) is 0 Å². The van der Waals surface area contributed by atoms with E-state index in [9.17, 15) is 13.2 Å². The van der Waals surface area contributed by atoms with E-state index in [4.69, 9.17) is 0 Å². The fraction of sp³-hybridized carbons (Fsp3) is 0.450. The van der Waals surface area contributed by atoms with Gasteiger partial charge in [-0.05, 0) is 24.1 Å². The summed E-state index contributed by atoms with van der Waals surface area (Å²) in [6.07, 6.45) is -0.521. The number of hydrogen-bond acceptors (Lipinski definition) is 5. The SMILES string of the molecule is CN=C(NC1CC1c1ccccc1OC(F)(F)F)N1CCN(c2ncccn2)CC1.I. The van der Waals surface area contributed by atoms with Crippen LogP contribution in [0, 0.1) is 0 Å². The average molecular weight is 548 g/mol. The van der Waals surface area contributed by atoms with Crippen molar-refractivity contribution < 1.29 is 17.9 Å². The number of piperazine rings is 1. The largest absolute Gasteiger partial charge is 0.573 e. The lowest BCUT2D eigenvalue weighted by molar-refractivity contribution is -0.274. The number of hydrogen-bond donors (Lipinski definition) is 1. The highest BCUT2D eigenvalue weighted by Crippen LogP contribution is 2.45. The van der Waals surface area contributed by atoms with Crippen LogP contribution < -0.4 is 15.0 Å². The quantitative estimate of drug-likeness (QED) is 0.360. The van der Waals surface area contributed by atoms with Gasteiger partial charge in [-0.15, -0.1) is 37.1 Å². The van der Waals surface area contributed by atoms with E-state index in [1.54, 1.807) is 43.7 Å². The lowest BCUT2D eigenvalue weighted by atomic mass is 10.1. The number of benzene rings is 1. The molecule has 2 fully saturated rings. The number of halogens is 4. The highest BCUT2D eigenvalue weighted by molar-refractivity contribution is 14.0. The maximum atomic E-state index is 12.7. The van der Waals surface area contributed by atoms with Crippen LogP contribution in [0.25, 0.3) is 0 Å². The third kappa shape index (κ3) is 5.89. The molecule has 2 atom stereocenters. The molecule has 1 aliphatic carbocycles. The highest BCUT2D eigenvalue weighted by atomic mass is 127. The van der Waals surface area contributed by atoms with E-state index < -0.39 is 6.36 Å². The van der Waals surface area contributed by atoms with Crippen molar-refractivity contribution in [3.05, 3.63) is 48.3 Å². The van der Waals surface area contributed by atoms with Crippen LogP contribution in [0.4, 0.5) is 19.1 Å². The molecule has 4 rings (SSSR count). The summed E-state index contributed by atoms with van der Waals surface area (Å²) in [4.78, 5) is 17.2. The fourth-order valence-electron chi connectivity index (χ4n) is 3.74. The summed E-state index contributed by atoms with van der Waals surface area (Å²) >= 11 is 0. The Morgan fingerprint density at radius 3 is 2.42 bits per heavy atom. The summed E-state index contributed by atoms with van der Waals surface area (Å²) in [5.74, 6) is 1.29. The summed E-state index contributed by atoms with van der Waals surface area (Å²) in [5, 5.41) is 3.39. The molecule has 2 aromatic rings. The first-order chi connectivity index (χ1) is 14.4. The Hall–Kier alpha value is -2.31. The van der Waals surface area contributed by atoms with E-state index >= 15 is 0 Å². The Morgan fingerprint density at radius 2 is 1.77 bits per heavy atom. The van der Waals surface area contributed by atoms with Gasteiger partial charge in [-0.1, -0.05) is 18.2 Å². The number of nitrogens with one attached hydrogen (secondary N) is 1. The van der Waals surface area contributed by atoms with Gasteiger partial charge in [0.2, 0.25) is 5.95 Å². The molecule has 0 radical (unpaired) electrons. The first-order valence-electron chi connectivity index (χ1n) is 9.79. The van der Waals surface area contributed by atoms with Crippen LogP contribution in [0.2, 0.25) is 0 Å². The fourth-order valence-corrected chi connectivity index (χ4v) is 3.74. The lowest BCUT2D eigenvalue weighted by Gasteiger charge is -2.36. The maximum Gasteiger partial charge on any atom is 0.573 e. The van der Waals surface area contributed by atoms with Crippen molar-refractivity contribution in [1.29, 1.82) is 0 Å². The number of anilines is 1. The Labute approximate surface area is 195 Å². The van der Waals surface area contributed by atoms with E-state index in [1.165, 1.54) is 6.07 Å². The predicted octanol–water partition coefficient (Wildman–Crippen LogP) is 3.25. The highest BCUT2D eigenvalue weighted by Gasteiger charge is 2.43. The van der Waals surface area contributed by atoms with E-state index in [-0.39, 0.29) is 41.7 Å². The summed E-state index contributed by atoms with van der Waals surface area (Å²) in [6.45, 7) is 3.04. The summed E-state index contributed by atoms with van der Waals surface area (Å²) in [7, 11) is 1.72. The topological polar surface area (TPSA) is 65.9 Å². The molecule has 1 saturated carbocycles. The third-order valence-electron chi connectivity index (χ3n) is 5.28. The van der Waals surface area contributed by atoms with Crippen LogP contribution in [-0.2, 0) is 0 Å². The first kappa shape index (κ1) is 23.4. The maximum absolute atomic E-state index is 12.7. The van der Waals surface area contributed by atoms with E-state index in [0.29, 0.717) is 11.5 Å². The molecular weight excluding hydrogens is 524 g/mol. The van der Waals surface area contributed by atoms with Crippen LogP contribution in [0.5, 0.6) is 5.75 Å². The average Bonchev–Trinajstić information content (AvgIpc) is 3.51. The number of nitrogens with zero attached hydrogens (tertiary/aromatic N) is 5. The van der Waals surface area contributed by atoms with Crippen LogP contribution in [0.15, 0.2) is 47.7 Å². The molecule has 7 nitrogen and oxygen atoms in total. The molecule has 31 heavy (non-hydrogen) atoms. The molecule has 168 valence electrons. The number of para-hydroxylation sites is 1. The van der Waals surface area contributed by atoms with Crippen molar-refractivity contribution in [3.8, 4) is 5.75 Å². The zero-order valence-corrected chi connectivity index (χ0v) is 19.2. The first-order valence-corrected chi connectivity index (χ1v) is 9.79. The number of ether oxygens (including phenoxy) is 1. The van der Waals surface area contributed by atoms with Gasteiger partial charge in [-0.25, -0.2) is 9.97 Å². The lowest BCUT2D eigenvalue weighted by Crippen LogP contribution is -2.53. The summed E-state index contributed by atoms with van der Waals surface area (Å²) in [5.41, 5.74) is 0.564. The molecule has 0 amide bonds. The number of guanidine groups is 1. The monoisotopic (exact) mass is 548 g/mol. The molecule has 2 unspecified atom stereocenters. The summed E-state index contributed by atoms with van der Waals surface area (Å²) < 4.78 is 42.3. The smallest absolute Gasteiger partial charge is 0.405 e. The normalized spacial score (nSPS) is 21.4. The van der Waals surface area contributed by atoms with Crippen LogP contribution in [0.1, 0.15) is 17.9 Å². The van der Waals surface area contributed by atoms with Crippen molar-refractivity contribution in [2.45, 2.75) is 24.7 Å². The third-order valence-corrected chi connectivity index (χ3v) is 5.28. The van der Waals surface area contributed by atoms with Gasteiger partial charge in [-0.3, -0.25) is 4.99 Å². The van der Waals surface area contributed by atoms with Crippen LogP contribution >= 0.6 is 24.0 Å². The molecular formula is C20H24F3IN6O. The number of rotatable bonds is 4. The molecule has 2 aliphatic rings. The second-order valence-electron chi connectivity index (χ2n) is 7.25. The minimum Gasteiger partial charge on any atom is -0.405 e. The van der Waals surface area contributed by atoms with Gasteiger partial charge in [0, 0.05) is 57.6 Å². The Balaban J connectivity index is 0.00000272. The number of alkyl halides is 3. The minimum atomic E-state index is -4.70. The molecule has 1 aromatic carbocycles. The Morgan fingerprint density at radius 1 is 1.10 bits per heavy atom. The van der Waals surface area contributed by atoms with Gasteiger partial charge in [-0.2, -0.15) is 0 Å². The number of aliphatic imine (C=N–C) groups is 1. The van der Waals surface area contributed by atoms with E-state index in [1.807, 2.05) is 0 Å². The van der Waals surface area contributed by atoms with Crippen molar-refractivity contribution in [2.75, 3.05) is 38.1 Å². The second-order valence-corrected chi connectivity index (χ2v) is 7.25. The number of aromatic nitrogens is 2. The van der Waals surface area contributed by atoms with Crippen molar-refractivity contribution in [1.82, 2.24) is 20.2 Å². The predicted molar refractivity (Wildman–Crippen MR) is 122 cm³/mol. The van der Waals surface area contributed by atoms with Crippen LogP contribution in [-0.4, -0.2) is 66.5 Å². The van der Waals surface area contributed by atoms with Crippen molar-refractivity contribution in [3.63, 3.8) is 0 Å². The van der Waals surface area contributed by atoms with Gasteiger partial charge in [0.1, 0.15) is 5.75 Å². The molecule has 1 saturated heterocycles. The van der Waals surface area contributed by atoms with Gasteiger partial charge >= 0.3 is 6.36 Å². The van der Waals surface area contributed by atoms with Gasteiger partial charge in [0.05, 0.1) is 0 Å². The Bertz CT molecular complexity index is 890. The zero-order valence-electron chi connectivity index (χ0n) is 16.9. The van der Waals surface area contributed by atoms with E-state index in [2.05, 4.69) is 34.8 Å². The minimum absolute atomic E-state index is 0.